The van der Waals surface area contributed by atoms with Gasteiger partial charge in [-0.3, -0.25) is 19.9 Å². The number of nitrogens with one attached hydrogen (secondary N) is 1. The van der Waals surface area contributed by atoms with Crippen molar-refractivity contribution in [2.45, 2.75) is 51.5 Å². The Morgan fingerprint density at radius 1 is 1.26 bits per heavy atom. The zero-order valence-corrected chi connectivity index (χ0v) is 13.4. The van der Waals surface area contributed by atoms with Crippen LogP contribution in [-0.2, 0) is 12.8 Å². The first-order valence-electron chi connectivity index (χ1n) is 8.39. The largest absolute Gasteiger partial charge is 0.329 e. The molecule has 0 radical (unpaired) electrons. The fourth-order valence-electron chi connectivity index (χ4n) is 3.75. The number of likely N-dealkylation sites (tertiary alicyclic amines) is 1. The minimum atomic E-state index is 0.0193. The minimum absolute atomic E-state index is 0.0193. The van der Waals surface area contributed by atoms with Gasteiger partial charge in [0.25, 0.3) is 5.91 Å². The molecule has 6 heteroatoms. The van der Waals surface area contributed by atoms with Crippen LogP contribution in [-0.4, -0.2) is 37.5 Å². The Morgan fingerprint density at radius 3 is 3.00 bits per heavy atom. The lowest BCUT2D eigenvalue weighted by molar-refractivity contribution is 0.0725. The molecule has 0 bridgehead atoms. The van der Waals surface area contributed by atoms with E-state index in [0.29, 0.717) is 5.69 Å². The summed E-state index contributed by atoms with van der Waals surface area (Å²) in [5.74, 6) is 0.0372. The van der Waals surface area contributed by atoms with Crippen LogP contribution in [0.2, 0.25) is 0 Å². The second-order valence-corrected chi connectivity index (χ2v) is 6.48. The van der Waals surface area contributed by atoms with Gasteiger partial charge in [0.15, 0.2) is 5.69 Å². The van der Waals surface area contributed by atoms with Crippen LogP contribution >= 0.6 is 0 Å². The zero-order valence-electron chi connectivity index (χ0n) is 13.4. The fraction of sp³-hybridized carbons (Fsp3) is 0.529. The number of amides is 1. The van der Waals surface area contributed by atoms with Gasteiger partial charge < -0.3 is 4.90 Å². The molecule has 1 aliphatic carbocycles. The predicted molar refractivity (Wildman–Crippen MR) is 85.0 cm³/mol. The lowest BCUT2D eigenvalue weighted by atomic mass is 9.95. The van der Waals surface area contributed by atoms with Gasteiger partial charge in [-0.1, -0.05) is 0 Å². The van der Waals surface area contributed by atoms with Crippen molar-refractivity contribution >= 4 is 5.91 Å². The first kappa shape index (κ1) is 14.4. The van der Waals surface area contributed by atoms with E-state index in [0.717, 1.165) is 61.3 Å². The molecular weight excluding hydrogens is 290 g/mol. The average molecular weight is 311 g/mol. The molecule has 1 amide bonds. The quantitative estimate of drug-likeness (QED) is 0.924. The zero-order chi connectivity index (χ0) is 15.8. The van der Waals surface area contributed by atoms with E-state index in [1.54, 1.807) is 12.4 Å². The standard InChI is InChI=1S/C17H21N5O/c1-11-9-18-10-14(19-11)15-7-4-8-22(15)17(23)16-12-5-2-3-6-13(12)20-21-16/h9-10,15H,2-8H2,1H3,(H,20,21)/t15-/m0/s1. The number of fused-ring (bicyclic) bond motifs is 1. The van der Waals surface area contributed by atoms with Crippen LogP contribution in [0.3, 0.4) is 0 Å². The molecule has 2 aromatic heterocycles. The van der Waals surface area contributed by atoms with E-state index in [9.17, 15) is 4.79 Å². The van der Waals surface area contributed by atoms with Gasteiger partial charge in [-0.2, -0.15) is 5.10 Å². The van der Waals surface area contributed by atoms with Crippen LogP contribution < -0.4 is 0 Å². The Balaban J connectivity index is 1.64. The molecule has 23 heavy (non-hydrogen) atoms. The van der Waals surface area contributed by atoms with Gasteiger partial charge in [0.05, 0.1) is 23.6 Å². The number of aromatic nitrogens is 4. The number of hydrogen-bond donors (Lipinski definition) is 1. The average Bonchev–Trinajstić information content (AvgIpc) is 3.21. The third-order valence-corrected chi connectivity index (χ3v) is 4.89. The Bertz CT molecular complexity index is 738. The SMILES string of the molecule is Cc1cncc([C@@H]2CCCN2C(=O)c2n[nH]c3c2CCCC3)n1. The van der Waals surface area contributed by atoms with Crippen LogP contribution in [0, 0.1) is 6.92 Å². The van der Waals surface area contributed by atoms with Gasteiger partial charge in [0.1, 0.15) is 0 Å². The van der Waals surface area contributed by atoms with E-state index in [1.807, 2.05) is 11.8 Å². The molecule has 2 aromatic rings. The molecule has 1 atom stereocenters. The number of aryl methyl sites for hydroxylation is 2. The van der Waals surface area contributed by atoms with E-state index < -0.39 is 0 Å². The summed E-state index contributed by atoms with van der Waals surface area (Å²) >= 11 is 0. The van der Waals surface area contributed by atoms with Crippen LogP contribution in [0.1, 0.15) is 64.9 Å². The number of aromatic amines is 1. The Hall–Kier alpha value is -2.24. The summed E-state index contributed by atoms with van der Waals surface area (Å²) in [5.41, 5.74) is 4.67. The van der Waals surface area contributed by atoms with Crippen molar-refractivity contribution in [3.63, 3.8) is 0 Å². The summed E-state index contributed by atoms with van der Waals surface area (Å²) in [4.78, 5) is 23.8. The lowest BCUT2D eigenvalue weighted by Gasteiger charge is -2.24. The van der Waals surface area contributed by atoms with Gasteiger partial charge >= 0.3 is 0 Å². The van der Waals surface area contributed by atoms with E-state index >= 15 is 0 Å². The second kappa shape index (κ2) is 5.76. The maximum absolute atomic E-state index is 13.0. The molecule has 0 saturated carbocycles. The number of hydrogen-bond acceptors (Lipinski definition) is 4. The van der Waals surface area contributed by atoms with E-state index in [2.05, 4.69) is 20.2 Å². The molecule has 1 N–H and O–H groups in total. The van der Waals surface area contributed by atoms with Crippen molar-refractivity contribution in [2.75, 3.05) is 6.54 Å². The third-order valence-electron chi connectivity index (χ3n) is 4.89. The summed E-state index contributed by atoms with van der Waals surface area (Å²) < 4.78 is 0. The molecule has 0 aromatic carbocycles. The number of carbonyl (C=O) groups excluding carboxylic acids is 1. The maximum atomic E-state index is 13.0. The molecule has 1 saturated heterocycles. The molecule has 0 spiro atoms. The van der Waals surface area contributed by atoms with Crippen LogP contribution in [0.5, 0.6) is 0 Å². The van der Waals surface area contributed by atoms with Gasteiger partial charge in [-0.05, 0) is 45.4 Å². The summed E-state index contributed by atoms with van der Waals surface area (Å²) in [5, 5.41) is 7.40. The molecule has 0 unspecified atom stereocenters. The topological polar surface area (TPSA) is 74.8 Å². The third kappa shape index (κ3) is 2.52. The highest BCUT2D eigenvalue weighted by Gasteiger charge is 2.34. The van der Waals surface area contributed by atoms with Crippen molar-refractivity contribution in [1.29, 1.82) is 0 Å². The molecule has 1 fully saturated rings. The molecule has 1 aliphatic heterocycles. The van der Waals surface area contributed by atoms with Crippen molar-refractivity contribution in [2.24, 2.45) is 0 Å². The summed E-state index contributed by atoms with van der Waals surface area (Å²) in [6, 6.07) is 0.0193. The molecule has 3 heterocycles. The van der Waals surface area contributed by atoms with Gasteiger partial charge in [-0.25, -0.2) is 0 Å². The molecule has 120 valence electrons. The highest BCUT2D eigenvalue weighted by molar-refractivity contribution is 5.94. The predicted octanol–water partition coefficient (Wildman–Crippen LogP) is 2.36. The van der Waals surface area contributed by atoms with Gasteiger partial charge in [0, 0.05) is 24.0 Å². The second-order valence-electron chi connectivity index (χ2n) is 6.48. The molecule has 4 rings (SSSR count). The molecule has 2 aliphatic rings. The minimum Gasteiger partial charge on any atom is -0.329 e. The van der Waals surface area contributed by atoms with Crippen molar-refractivity contribution in [1.82, 2.24) is 25.1 Å². The number of carbonyl (C=O) groups is 1. The molecule has 6 nitrogen and oxygen atoms in total. The highest BCUT2D eigenvalue weighted by Crippen LogP contribution is 2.33. The normalized spacial score (nSPS) is 20.6. The smallest absolute Gasteiger partial charge is 0.275 e. The van der Waals surface area contributed by atoms with Crippen LogP contribution in [0.25, 0.3) is 0 Å². The summed E-state index contributed by atoms with van der Waals surface area (Å²) in [6.45, 7) is 2.70. The fourth-order valence-corrected chi connectivity index (χ4v) is 3.75. The summed E-state index contributed by atoms with van der Waals surface area (Å²) in [7, 11) is 0. The lowest BCUT2D eigenvalue weighted by Crippen LogP contribution is -2.32. The van der Waals surface area contributed by atoms with Crippen molar-refractivity contribution < 1.29 is 4.79 Å². The monoisotopic (exact) mass is 311 g/mol. The first-order chi connectivity index (χ1) is 11.2. The Labute approximate surface area is 135 Å². The first-order valence-corrected chi connectivity index (χ1v) is 8.39. The molecular formula is C17H21N5O. The van der Waals surface area contributed by atoms with Crippen LogP contribution in [0.15, 0.2) is 12.4 Å². The van der Waals surface area contributed by atoms with Crippen molar-refractivity contribution in [3.8, 4) is 0 Å². The van der Waals surface area contributed by atoms with Crippen molar-refractivity contribution in [3.05, 3.63) is 40.7 Å². The number of nitrogens with zero attached hydrogens (tertiary/aromatic N) is 4. The van der Waals surface area contributed by atoms with Gasteiger partial charge in [0.2, 0.25) is 0 Å². The number of rotatable bonds is 2. The highest BCUT2D eigenvalue weighted by atomic mass is 16.2. The van der Waals surface area contributed by atoms with Crippen LogP contribution in [0.4, 0.5) is 0 Å². The Kier molecular flexibility index (Phi) is 3.59. The van der Waals surface area contributed by atoms with E-state index in [4.69, 9.17) is 0 Å². The Morgan fingerprint density at radius 2 is 2.13 bits per heavy atom. The maximum Gasteiger partial charge on any atom is 0.275 e. The number of H-pyrrole nitrogens is 1. The van der Waals surface area contributed by atoms with Gasteiger partial charge in [-0.15, -0.1) is 0 Å². The van der Waals surface area contributed by atoms with E-state index in [-0.39, 0.29) is 11.9 Å². The summed E-state index contributed by atoms with van der Waals surface area (Å²) in [6.07, 6.45) is 9.73. The van der Waals surface area contributed by atoms with E-state index in [1.165, 1.54) is 6.42 Å².